The summed E-state index contributed by atoms with van der Waals surface area (Å²) in [5.41, 5.74) is 5.02. The first-order valence-corrected chi connectivity index (χ1v) is 7.02. The average molecular weight is 270 g/mol. The molecular formula is C14H26N2O3. The summed E-state index contributed by atoms with van der Waals surface area (Å²) < 4.78 is 5.43. The molecule has 2 unspecified atom stereocenters. The molecule has 1 amide bonds. The van der Waals surface area contributed by atoms with E-state index in [4.69, 9.17) is 10.5 Å². The number of carbonyl (C=O) groups is 1. The minimum Gasteiger partial charge on any atom is -0.444 e. The third kappa shape index (κ3) is 3.03. The zero-order valence-electron chi connectivity index (χ0n) is 12.3. The summed E-state index contributed by atoms with van der Waals surface area (Å²) in [5.74, 6) is 0.932. The molecule has 2 aliphatic heterocycles. The molecule has 4 atom stereocenters. The van der Waals surface area contributed by atoms with E-state index in [9.17, 15) is 9.90 Å². The molecule has 0 aromatic heterocycles. The van der Waals surface area contributed by atoms with Crippen LogP contribution in [-0.2, 0) is 4.74 Å². The number of rotatable bonds is 3. The first-order valence-electron chi connectivity index (χ1n) is 7.02. The van der Waals surface area contributed by atoms with Crippen LogP contribution < -0.4 is 5.73 Å². The Bertz CT molecular complexity index is 362. The first kappa shape index (κ1) is 14.6. The van der Waals surface area contributed by atoms with Gasteiger partial charge in [0.2, 0.25) is 0 Å². The summed E-state index contributed by atoms with van der Waals surface area (Å²) in [6, 6.07) is 0.245. The fourth-order valence-corrected chi connectivity index (χ4v) is 3.17. The minimum absolute atomic E-state index is 0.0185. The van der Waals surface area contributed by atoms with Crippen molar-refractivity contribution in [1.29, 1.82) is 0 Å². The number of aliphatic hydroxyl groups is 1. The highest BCUT2D eigenvalue weighted by atomic mass is 16.6. The Labute approximate surface area is 115 Å². The number of hydrogen-bond donors (Lipinski definition) is 2. The lowest BCUT2D eigenvalue weighted by Crippen LogP contribution is -2.50. The van der Waals surface area contributed by atoms with Gasteiger partial charge in [-0.1, -0.05) is 0 Å². The van der Waals surface area contributed by atoms with Gasteiger partial charge in [-0.05, 0) is 52.4 Å². The van der Waals surface area contributed by atoms with Crippen LogP contribution >= 0.6 is 0 Å². The molecule has 3 aliphatic rings. The number of carbonyl (C=O) groups excluding carboxylic acids is 1. The molecule has 1 aliphatic carbocycles. The molecule has 0 spiro atoms. The molecule has 2 heterocycles. The van der Waals surface area contributed by atoms with E-state index in [-0.39, 0.29) is 18.7 Å². The van der Waals surface area contributed by atoms with E-state index in [0.29, 0.717) is 11.8 Å². The highest BCUT2D eigenvalue weighted by Crippen LogP contribution is 2.49. The van der Waals surface area contributed by atoms with Gasteiger partial charge in [-0.2, -0.15) is 0 Å². The zero-order valence-corrected chi connectivity index (χ0v) is 12.3. The van der Waals surface area contributed by atoms with Crippen LogP contribution in [0.2, 0.25) is 0 Å². The summed E-state index contributed by atoms with van der Waals surface area (Å²) in [6.45, 7) is 8.26. The minimum atomic E-state index is -0.550. The van der Waals surface area contributed by atoms with E-state index >= 15 is 0 Å². The van der Waals surface area contributed by atoms with Crippen LogP contribution in [0.4, 0.5) is 4.79 Å². The summed E-state index contributed by atoms with van der Waals surface area (Å²) in [7, 11) is 0. The maximum absolute atomic E-state index is 12.1. The molecule has 2 bridgehead atoms. The Kier molecular flexibility index (Phi) is 3.56. The van der Waals surface area contributed by atoms with Gasteiger partial charge in [0.1, 0.15) is 5.60 Å². The van der Waals surface area contributed by atoms with Gasteiger partial charge in [0.05, 0.1) is 6.61 Å². The van der Waals surface area contributed by atoms with Crippen molar-refractivity contribution in [3.05, 3.63) is 0 Å². The van der Waals surface area contributed by atoms with Crippen molar-refractivity contribution in [3.8, 4) is 0 Å². The van der Waals surface area contributed by atoms with Gasteiger partial charge in [0, 0.05) is 18.1 Å². The average Bonchev–Trinajstić information content (AvgIpc) is 2.81. The maximum Gasteiger partial charge on any atom is 0.410 e. The van der Waals surface area contributed by atoms with Crippen molar-refractivity contribution in [2.45, 2.75) is 57.7 Å². The van der Waals surface area contributed by atoms with Gasteiger partial charge in [0.15, 0.2) is 0 Å². The third-order valence-electron chi connectivity index (χ3n) is 4.17. The molecular weight excluding hydrogens is 244 g/mol. The molecule has 3 rings (SSSR count). The van der Waals surface area contributed by atoms with Crippen LogP contribution in [0, 0.1) is 11.8 Å². The van der Waals surface area contributed by atoms with Gasteiger partial charge in [-0.15, -0.1) is 0 Å². The number of nitrogens with zero attached hydrogens (tertiary/aromatic N) is 1. The maximum atomic E-state index is 12.1. The van der Waals surface area contributed by atoms with Gasteiger partial charge < -0.3 is 20.5 Å². The monoisotopic (exact) mass is 270 g/mol. The Hall–Kier alpha value is -0.810. The smallest absolute Gasteiger partial charge is 0.410 e. The summed E-state index contributed by atoms with van der Waals surface area (Å²) >= 11 is 0. The van der Waals surface area contributed by atoms with E-state index in [1.807, 2.05) is 32.6 Å². The Morgan fingerprint density at radius 1 is 1.42 bits per heavy atom. The largest absolute Gasteiger partial charge is 0.444 e. The van der Waals surface area contributed by atoms with Gasteiger partial charge in [-0.3, -0.25) is 0 Å². The van der Waals surface area contributed by atoms with Crippen molar-refractivity contribution < 1.29 is 14.6 Å². The van der Waals surface area contributed by atoms with Crippen LogP contribution in [0.15, 0.2) is 0 Å². The molecule has 0 radical (unpaired) electrons. The lowest BCUT2D eigenvalue weighted by atomic mass is 9.68. The Morgan fingerprint density at radius 3 is 2.58 bits per heavy atom. The summed E-state index contributed by atoms with van der Waals surface area (Å²) in [5, 5.41) is 9.25. The van der Waals surface area contributed by atoms with Crippen LogP contribution in [0.5, 0.6) is 0 Å². The topological polar surface area (TPSA) is 75.8 Å². The molecule has 110 valence electrons. The van der Waals surface area contributed by atoms with Crippen molar-refractivity contribution in [3.63, 3.8) is 0 Å². The molecule has 5 nitrogen and oxygen atoms in total. The molecule has 0 aromatic carbocycles. The number of amides is 1. The Balaban J connectivity index is 1.94. The van der Waals surface area contributed by atoms with Gasteiger partial charge >= 0.3 is 6.09 Å². The number of ether oxygens (including phenoxy) is 1. The second-order valence-corrected chi connectivity index (χ2v) is 7.38. The fourth-order valence-electron chi connectivity index (χ4n) is 3.17. The molecule has 1 saturated carbocycles. The third-order valence-corrected chi connectivity index (χ3v) is 4.17. The second-order valence-electron chi connectivity index (χ2n) is 7.38. The van der Waals surface area contributed by atoms with Crippen LogP contribution in [0.25, 0.3) is 0 Å². The van der Waals surface area contributed by atoms with Gasteiger partial charge in [0.25, 0.3) is 0 Å². The molecule has 3 fully saturated rings. The van der Waals surface area contributed by atoms with E-state index in [0.717, 1.165) is 19.4 Å². The predicted molar refractivity (Wildman–Crippen MR) is 72.6 cm³/mol. The first-order chi connectivity index (χ1) is 8.63. The van der Waals surface area contributed by atoms with Crippen LogP contribution in [0.1, 0.15) is 40.5 Å². The van der Waals surface area contributed by atoms with Crippen molar-refractivity contribution >= 4 is 6.09 Å². The lowest BCUT2D eigenvalue weighted by Gasteiger charge is -2.40. The van der Waals surface area contributed by atoms with E-state index < -0.39 is 11.1 Å². The predicted octanol–water partition coefficient (Wildman–Crippen LogP) is 1.34. The summed E-state index contributed by atoms with van der Waals surface area (Å²) in [4.78, 5) is 13.9. The van der Waals surface area contributed by atoms with E-state index in [1.54, 1.807) is 0 Å². The van der Waals surface area contributed by atoms with Crippen molar-refractivity contribution in [1.82, 2.24) is 4.90 Å². The summed E-state index contributed by atoms with van der Waals surface area (Å²) in [6.07, 6.45) is 1.59. The molecule has 0 aromatic rings. The van der Waals surface area contributed by atoms with E-state index in [1.165, 1.54) is 0 Å². The Morgan fingerprint density at radius 2 is 2.05 bits per heavy atom. The highest BCUT2D eigenvalue weighted by molar-refractivity contribution is 5.69. The van der Waals surface area contributed by atoms with Crippen molar-refractivity contribution in [2.24, 2.45) is 17.6 Å². The van der Waals surface area contributed by atoms with Crippen LogP contribution in [0.3, 0.4) is 0 Å². The zero-order chi connectivity index (χ0) is 14.4. The number of nitrogens with two attached hydrogens (primary N) is 1. The van der Waals surface area contributed by atoms with E-state index in [2.05, 4.69) is 0 Å². The number of aliphatic hydroxyl groups excluding tert-OH is 1. The molecule has 5 heteroatoms. The fraction of sp³-hybridized carbons (Fsp3) is 0.929. The quantitative estimate of drug-likeness (QED) is 0.811. The highest BCUT2D eigenvalue weighted by Gasteiger charge is 2.55. The normalized spacial score (nSPS) is 32.7. The van der Waals surface area contributed by atoms with Crippen molar-refractivity contribution in [2.75, 3.05) is 13.2 Å². The lowest BCUT2D eigenvalue weighted by molar-refractivity contribution is 0.0174. The molecule has 3 N–H and O–H groups in total. The molecule has 19 heavy (non-hydrogen) atoms. The SMILES string of the molecule is CC(N)(CO)CC1[C@H]2C[C@@H]1N(C(=O)OC(C)(C)C)C2. The second kappa shape index (κ2) is 4.63. The van der Waals surface area contributed by atoms with Crippen LogP contribution in [-0.4, -0.2) is 46.4 Å². The standard InChI is InChI=1S/C14H26N2O3/c1-13(2,3)19-12(18)16-7-9-5-11(16)10(9)6-14(4,15)8-17/h9-11,17H,5-8,15H2,1-4H3/t9-,10?,11-,14?/m0/s1. The number of fused-ring (bicyclic) bond motifs is 1. The van der Waals surface area contributed by atoms with Gasteiger partial charge in [-0.25, -0.2) is 4.79 Å². The molecule has 2 saturated heterocycles. The number of hydrogen-bond acceptors (Lipinski definition) is 4.